The first kappa shape index (κ1) is 12.0. The molecule has 1 aromatic heterocycles. The number of aliphatic hydroxyl groups is 1. The van der Waals surface area contributed by atoms with Gasteiger partial charge in [0.1, 0.15) is 0 Å². The molecule has 1 aliphatic rings. The molecule has 4 heteroatoms. The smallest absolute Gasteiger partial charge is 0.246 e. The topological polar surface area (TPSA) is 45.5 Å². The molecule has 1 saturated heterocycles. The molecule has 0 unspecified atom stereocenters. The molecule has 0 atom stereocenters. The maximum atomic E-state index is 11.8. The normalized spacial score (nSPS) is 16.2. The molecule has 2 aromatic rings. The summed E-state index contributed by atoms with van der Waals surface area (Å²) >= 11 is 0. The lowest BCUT2D eigenvalue weighted by atomic mass is 10.1. The molecule has 0 bridgehead atoms. The number of amides is 1. The van der Waals surface area contributed by atoms with Crippen LogP contribution in [0.15, 0.2) is 36.5 Å². The SMILES string of the molecule is Cn1cc(/C=C/C(=O)N2CC(O)C2)c2ccccc21. The number of β-amino-alcohol motifs (C(OH)–C–C–N with tert-alkyl or cyclic N) is 1. The molecular formula is C15H16N2O2. The van der Waals surface area contributed by atoms with Crippen LogP contribution in [0.4, 0.5) is 0 Å². The van der Waals surface area contributed by atoms with Gasteiger partial charge in [0.25, 0.3) is 0 Å². The van der Waals surface area contributed by atoms with Gasteiger partial charge in [-0.2, -0.15) is 0 Å². The van der Waals surface area contributed by atoms with Crippen LogP contribution in [0.1, 0.15) is 5.56 Å². The highest BCUT2D eigenvalue weighted by Crippen LogP contribution is 2.21. The molecule has 3 rings (SSSR count). The number of benzene rings is 1. The summed E-state index contributed by atoms with van der Waals surface area (Å²) in [4.78, 5) is 13.4. The van der Waals surface area contributed by atoms with E-state index >= 15 is 0 Å². The minimum Gasteiger partial charge on any atom is -0.389 e. The van der Waals surface area contributed by atoms with E-state index in [1.54, 1.807) is 11.0 Å². The molecular weight excluding hydrogens is 240 g/mol. The summed E-state index contributed by atoms with van der Waals surface area (Å²) in [7, 11) is 1.99. The number of aryl methyl sites for hydroxylation is 1. The van der Waals surface area contributed by atoms with Crippen molar-refractivity contribution in [3.8, 4) is 0 Å². The Bertz CT molecular complexity index is 651. The summed E-state index contributed by atoms with van der Waals surface area (Å²) in [5.41, 5.74) is 2.18. The van der Waals surface area contributed by atoms with Gasteiger partial charge in [-0.3, -0.25) is 4.79 Å². The molecule has 1 N–H and O–H groups in total. The number of aromatic nitrogens is 1. The lowest BCUT2D eigenvalue weighted by Gasteiger charge is -2.34. The molecule has 98 valence electrons. The van der Waals surface area contributed by atoms with E-state index in [1.165, 1.54) is 0 Å². The standard InChI is InChI=1S/C15H16N2O2/c1-16-8-11(13-4-2-3-5-14(13)16)6-7-15(19)17-9-12(18)10-17/h2-8,12,18H,9-10H2,1H3/b7-6+. The molecule has 1 aliphatic heterocycles. The number of rotatable bonds is 2. The van der Waals surface area contributed by atoms with Gasteiger partial charge in [0.2, 0.25) is 5.91 Å². The first-order valence-corrected chi connectivity index (χ1v) is 6.34. The van der Waals surface area contributed by atoms with Crippen LogP contribution in [0, 0.1) is 0 Å². The summed E-state index contributed by atoms with van der Waals surface area (Å²) in [6.07, 6.45) is 5.08. The van der Waals surface area contributed by atoms with Gasteiger partial charge in [-0.15, -0.1) is 0 Å². The number of hydrogen-bond acceptors (Lipinski definition) is 2. The molecule has 0 spiro atoms. The van der Waals surface area contributed by atoms with E-state index < -0.39 is 0 Å². The molecule has 19 heavy (non-hydrogen) atoms. The van der Waals surface area contributed by atoms with Gasteiger partial charge in [0.15, 0.2) is 0 Å². The zero-order valence-electron chi connectivity index (χ0n) is 10.8. The summed E-state index contributed by atoms with van der Waals surface area (Å²) < 4.78 is 2.05. The van der Waals surface area contributed by atoms with Crippen LogP contribution >= 0.6 is 0 Å². The maximum absolute atomic E-state index is 11.8. The predicted molar refractivity (Wildman–Crippen MR) is 74.5 cm³/mol. The molecule has 1 fully saturated rings. The average molecular weight is 256 g/mol. The third kappa shape index (κ3) is 2.15. The van der Waals surface area contributed by atoms with Crippen LogP contribution in [0.25, 0.3) is 17.0 Å². The van der Waals surface area contributed by atoms with Crippen molar-refractivity contribution in [2.45, 2.75) is 6.10 Å². The Kier molecular flexibility index (Phi) is 2.87. The lowest BCUT2D eigenvalue weighted by molar-refractivity contribution is -0.135. The van der Waals surface area contributed by atoms with Gasteiger partial charge >= 0.3 is 0 Å². The molecule has 1 aromatic carbocycles. The average Bonchev–Trinajstić information content (AvgIpc) is 2.70. The van der Waals surface area contributed by atoms with Crippen molar-refractivity contribution in [3.63, 3.8) is 0 Å². The molecule has 0 radical (unpaired) electrons. The van der Waals surface area contributed by atoms with Gasteiger partial charge < -0.3 is 14.6 Å². The van der Waals surface area contributed by atoms with Gasteiger partial charge in [0, 0.05) is 48.9 Å². The zero-order chi connectivity index (χ0) is 13.4. The highest BCUT2D eigenvalue weighted by molar-refractivity contribution is 5.96. The Morgan fingerprint density at radius 3 is 2.84 bits per heavy atom. The quantitative estimate of drug-likeness (QED) is 0.825. The fraction of sp³-hybridized carbons (Fsp3) is 0.267. The summed E-state index contributed by atoms with van der Waals surface area (Å²) in [6.45, 7) is 0.886. The summed E-state index contributed by atoms with van der Waals surface area (Å²) in [5.74, 6) is -0.0433. The molecule has 0 aliphatic carbocycles. The van der Waals surface area contributed by atoms with Crippen molar-refractivity contribution >= 4 is 22.9 Å². The van der Waals surface area contributed by atoms with E-state index in [1.807, 2.05) is 42.1 Å². The highest BCUT2D eigenvalue weighted by atomic mass is 16.3. The minimum absolute atomic E-state index is 0.0433. The van der Waals surface area contributed by atoms with Gasteiger partial charge in [0.05, 0.1) is 6.10 Å². The lowest BCUT2D eigenvalue weighted by Crippen LogP contribution is -2.52. The second-order valence-electron chi connectivity index (χ2n) is 4.94. The second-order valence-corrected chi connectivity index (χ2v) is 4.94. The second kappa shape index (κ2) is 4.55. The number of para-hydroxylation sites is 1. The first-order chi connectivity index (χ1) is 9.15. The highest BCUT2D eigenvalue weighted by Gasteiger charge is 2.27. The number of fused-ring (bicyclic) bond motifs is 1. The number of likely N-dealkylation sites (tertiary alicyclic amines) is 1. The molecule has 0 saturated carbocycles. The monoisotopic (exact) mass is 256 g/mol. The third-order valence-corrected chi connectivity index (χ3v) is 3.51. The van der Waals surface area contributed by atoms with Gasteiger partial charge in [-0.1, -0.05) is 18.2 Å². The Labute approximate surface area is 111 Å². The van der Waals surface area contributed by atoms with Crippen molar-refractivity contribution in [2.75, 3.05) is 13.1 Å². The minimum atomic E-state index is -0.352. The Morgan fingerprint density at radius 1 is 1.37 bits per heavy atom. The zero-order valence-corrected chi connectivity index (χ0v) is 10.8. The van der Waals surface area contributed by atoms with E-state index in [4.69, 9.17) is 0 Å². The Hall–Kier alpha value is -2.07. The fourth-order valence-corrected chi connectivity index (χ4v) is 2.41. The fourth-order valence-electron chi connectivity index (χ4n) is 2.41. The van der Waals surface area contributed by atoms with Gasteiger partial charge in [-0.05, 0) is 12.1 Å². The largest absolute Gasteiger partial charge is 0.389 e. The number of hydrogen-bond donors (Lipinski definition) is 1. The van der Waals surface area contributed by atoms with Gasteiger partial charge in [-0.25, -0.2) is 0 Å². The van der Waals surface area contributed by atoms with Crippen LogP contribution in [0.5, 0.6) is 0 Å². The van der Waals surface area contributed by atoms with Crippen LogP contribution < -0.4 is 0 Å². The maximum Gasteiger partial charge on any atom is 0.246 e. The van der Waals surface area contributed by atoms with Crippen LogP contribution in [-0.4, -0.2) is 39.7 Å². The van der Waals surface area contributed by atoms with Crippen molar-refractivity contribution in [2.24, 2.45) is 7.05 Å². The molecule has 2 heterocycles. The number of aliphatic hydroxyl groups excluding tert-OH is 1. The van der Waals surface area contributed by atoms with Crippen molar-refractivity contribution in [3.05, 3.63) is 42.1 Å². The van der Waals surface area contributed by atoms with E-state index in [-0.39, 0.29) is 12.0 Å². The van der Waals surface area contributed by atoms with Crippen molar-refractivity contribution < 1.29 is 9.90 Å². The third-order valence-electron chi connectivity index (χ3n) is 3.51. The van der Waals surface area contributed by atoms with Crippen LogP contribution in [-0.2, 0) is 11.8 Å². The van der Waals surface area contributed by atoms with Crippen LogP contribution in [0.2, 0.25) is 0 Å². The Balaban J connectivity index is 1.83. The number of carbonyl (C=O) groups excluding carboxylic acids is 1. The van der Waals surface area contributed by atoms with E-state index in [0.717, 1.165) is 16.5 Å². The van der Waals surface area contributed by atoms with Crippen molar-refractivity contribution in [1.29, 1.82) is 0 Å². The summed E-state index contributed by atoms with van der Waals surface area (Å²) in [5, 5.41) is 10.3. The molecule has 1 amide bonds. The number of nitrogens with zero attached hydrogens (tertiary/aromatic N) is 2. The Morgan fingerprint density at radius 2 is 2.11 bits per heavy atom. The number of carbonyl (C=O) groups is 1. The molecule has 4 nitrogen and oxygen atoms in total. The summed E-state index contributed by atoms with van der Waals surface area (Å²) in [6, 6.07) is 8.10. The predicted octanol–water partition coefficient (Wildman–Crippen LogP) is 1.39. The first-order valence-electron chi connectivity index (χ1n) is 6.34. The van der Waals surface area contributed by atoms with E-state index in [9.17, 15) is 9.90 Å². The van der Waals surface area contributed by atoms with Crippen molar-refractivity contribution in [1.82, 2.24) is 9.47 Å². The van der Waals surface area contributed by atoms with E-state index in [2.05, 4.69) is 6.07 Å². The van der Waals surface area contributed by atoms with E-state index in [0.29, 0.717) is 13.1 Å². The van der Waals surface area contributed by atoms with Crippen LogP contribution in [0.3, 0.4) is 0 Å².